The fourth-order valence-electron chi connectivity index (χ4n) is 3.11. The average Bonchev–Trinajstić information content (AvgIpc) is 3.08. The predicted octanol–water partition coefficient (Wildman–Crippen LogP) is 5.84. The van der Waals surface area contributed by atoms with Gasteiger partial charge in [0.2, 0.25) is 0 Å². The Labute approximate surface area is 171 Å². The van der Waals surface area contributed by atoms with E-state index >= 15 is 0 Å². The van der Waals surface area contributed by atoms with Crippen LogP contribution in [0.2, 0.25) is 0 Å². The van der Waals surface area contributed by atoms with Gasteiger partial charge in [0.25, 0.3) is 0 Å². The molecule has 4 aromatic rings. The molecule has 2 aromatic heterocycles. The summed E-state index contributed by atoms with van der Waals surface area (Å²) in [4.78, 5) is 11.3. The Morgan fingerprint density at radius 1 is 1.14 bits per heavy atom. The van der Waals surface area contributed by atoms with Crippen LogP contribution >= 0.6 is 23.1 Å². The molecule has 0 unspecified atom stereocenters. The van der Waals surface area contributed by atoms with Crippen LogP contribution in [0.5, 0.6) is 5.75 Å². The van der Waals surface area contributed by atoms with E-state index in [1.54, 1.807) is 36.5 Å². The molecule has 0 atom stereocenters. The van der Waals surface area contributed by atoms with E-state index in [9.17, 15) is 0 Å². The highest BCUT2D eigenvalue weighted by Crippen LogP contribution is 2.42. The molecule has 4 nitrogen and oxygen atoms in total. The maximum Gasteiger partial charge on any atom is 0.128 e. The first-order valence-corrected chi connectivity index (χ1v) is 10.5. The minimum absolute atomic E-state index is 0.677. The van der Waals surface area contributed by atoms with Crippen molar-refractivity contribution in [3.05, 3.63) is 70.9 Å². The molecule has 0 bridgehead atoms. The van der Waals surface area contributed by atoms with Gasteiger partial charge in [-0.3, -0.25) is 0 Å². The summed E-state index contributed by atoms with van der Waals surface area (Å²) in [5, 5.41) is 11.2. The van der Waals surface area contributed by atoms with E-state index in [0.29, 0.717) is 5.56 Å². The van der Waals surface area contributed by atoms with Crippen LogP contribution in [0.1, 0.15) is 16.0 Å². The molecule has 6 heteroatoms. The number of hydrogen-bond acceptors (Lipinski definition) is 6. The highest BCUT2D eigenvalue weighted by Gasteiger charge is 2.17. The third-order valence-electron chi connectivity index (χ3n) is 4.44. The summed E-state index contributed by atoms with van der Waals surface area (Å²) in [5.41, 5.74) is 4.09. The second kappa shape index (κ2) is 8.01. The monoisotopic (exact) mass is 403 g/mol. The summed E-state index contributed by atoms with van der Waals surface area (Å²) in [6.07, 6.45) is 1.63. The maximum atomic E-state index is 9.11. The van der Waals surface area contributed by atoms with Gasteiger partial charge in [0, 0.05) is 16.2 Å². The van der Waals surface area contributed by atoms with Gasteiger partial charge in [-0.05, 0) is 42.3 Å². The van der Waals surface area contributed by atoms with Crippen LogP contribution in [0.25, 0.3) is 21.3 Å². The molecule has 0 radical (unpaired) electrons. The number of rotatable bonds is 5. The summed E-state index contributed by atoms with van der Waals surface area (Å²) in [5.74, 6) is 1.59. The highest BCUT2D eigenvalue weighted by molar-refractivity contribution is 7.98. The standard InChI is InChI=1S/C22H17N3OS2/c1-14-19(17-6-8-18(26-2)9-7-17)20-21(24-13-25-22(20)28-14)27-12-16-5-3-4-15(10-16)11-23/h3-10,13H,12H2,1-2H3. The predicted molar refractivity (Wildman–Crippen MR) is 115 cm³/mol. The van der Waals surface area contributed by atoms with Crippen molar-refractivity contribution in [1.82, 2.24) is 9.97 Å². The zero-order chi connectivity index (χ0) is 19.5. The minimum Gasteiger partial charge on any atom is -0.497 e. The summed E-state index contributed by atoms with van der Waals surface area (Å²) in [6, 6.07) is 18.0. The van der Waals surface area contributed by atoms with Crippen molar-refractivity contribution in [3.8, 4) is 22.9 Å². The van der Waals surface area contributed by atoms with Gasteiger partial charge >= 0.3 is 0 Å². The lowest BCUT2D eigenvalue weighted by Crippen LogP contribution is -1.89. The van der Waals surface area contributed by atoms with Crippen molar-refractivity contribution in [2.45, 2.75) is 17.7 Å². The van der Waals surface area contributed by atoms with E-state index in [0.717, 1.165) is 37.9 Å². The van der Waals surface area contributed by atoms with Gasteiger partial charge in [0.15, 0.2) is 0 Å². The molecule has 0 amide bonds. The number of ether oxygens (including phenoxy) is 1. The van der Waals surface area contributed by atoms with Gasteiger partial charge in [0.05, 0.1) is 24.1 Å². The van der Waals surface area contributed by atoms with E-state index in [2.05, 4.69) is 35.1 Å². The van der Waals surface area contributed by atoms with Crippen molar-refractivity contribution >= 4 is 33.3 Å². The van der Waals surface area contributed by atoms with Crippen molar-refractivity contribution in [2.75, 3.05) is 7.11 Å². The maximum absolute atomic E-state index is 9.11. The molecular formula is C22H17N3OS2. The number of fused-ring (bicyclic) bond motifs is 1. The molecule has 0 aliphatic carbocycles. The molecule has 4 rings (SSSR count). The fourth-order valence-corrected chi connectivity index (χ4v) is 5.14. The summed E-state index contributed by atoms with van der Waals surface area (Å²) >= 11 is 3.36. The van der Waals surface area contributed by atoms with Gasteiger partial charge < -0.3 is 4.74 Å². The zero-order valence-corrected chi connectivity index (χ0v) is 17.1. The summed E-state index contributed by atoms with van der Waals surface area (Å²) in [6.45, 7) is 2.12. The van der Waals surface area contributed by atoms with Crippen LogP contribution in [-0.2, 0) is 5.75 Å². The number of hydrogen-bond donors (Lipinski definition) is 0. The number of nitriles is 1. The van der Waals surface area contributed by atoms with E-state index < -0.39 is 0 Å². The molecular weight excluding hydrogens is 386 g/mol. The van der Waals surface area contributed by atoms with Crippen LogP contribution < -0.4 is 4.74 Å². The molecule has 0 spiro atoms. The largest absolute Gasteiger partial charge is 0.497 e. The van der Waals surface area contributed by atoms with Crippen molar-refractivity contribution in [1.29, 1.82) is 5.26 Å². The molecule has 138 valence electrons. The van der Waals surface area contributed by atoms with Crippen LogP contribution in [0.3, 0.4) is 0 Å². The molecule has 0 saturated carbocycles. The summed E-state index contributed by atoms with van der Waals surface area (Å²) < 4.78 is 5.29. The first-order valence-electron chi connectivity index (χ1n) is 8.70. The first-order chi connectivity index (χ1) is 13.7. The lowest BCUT2D eigenvalue weighted by atomic mass is 10.0. The molecule has 2 aromatic carbocycles. The first kappa shape index (κ1) is 18.5. The second-order valence-electron chi connectivity index (χ2n) is 6.22. The molecule has 28 heavy (non-hydrogen) atoms. The lowest BCUT2D eigenvalue weighted by molar-refractivity contribution is 0.415. The normalized spacial score (nSPS) is 10.8. The smallest absolute Gasteiger partial charge is 0.128 e. The molecule has 0 fully saturated rings. The van der Waals surface area contributed by atoms with Gasteiger partial charge in [-0.25, -0.2) is 9.97 Å². The number of benzene rings is 2. The Morgan fingerprint density at radius 2 is 1.96 bits per heavy atom. The minimum atomic E-state index is 0.677. The van der Waals surface area contributed by atoms with Gasteiger partial charge in [-0.15, -0.1) is 23.1 Å². The van der Waals surface area contributed by atoms with Gasteiger partial charge in [-0.2, -0.15) is 5.26 Å². The topological polar surface area (TPSA) is 58.8 Å². The van der Waals surface area contributed by atoms with Gasteiger partial charge in [-0.1, -0.05) is 24.3 Å². The SMILES string of the molecule is COc1ccc(-c2c(C)sc3ncnc(SCc4cccc(C#N)c4)c23)cc1. The van der Waals surface area contributed by atoms with Crippen molar-refractivity contribution in [2.24, 2.45) is 0 Å². The Morgan fingerprint density at radius 3 is 2.71 bits per heavy atom. The number of aromatic nitrogens is 2. The van der Waals surface area contributed by atoms with Gasteiger partial charge in [0.1, 0.15) is 21.9 Å². The third kappa shape index (κ3) is 3.59. The molecule has 0 N–H and O–H groups in total. The zero-order valence-electron chi connectivity index (χ0n) is 15.5. The van der Waals surface area contributed by atoms with Crippen molar-refractivity contribution in [3.63, 3.8) is 0 Å². The third-order valence-corrected chi connectivity index (χ3v) is 6.51. The molecule has 0 aliphatic rings. The average molecular weight is 404 g/mol. The van der Waals surface area contributed by atoms with E-state index in [4.69, 9.17) is 10.00 Å². The number of thioether (sulfide) groups is 1. The van der Waals surface area contributed by atoms with Crippen LogP contribution in [0.4, 0.5) is 0 Å². The molecule has 2 heterocycles. The van der Waals surface area contributed by atoms with Crippen LogP contribution in [-0.4, -0.2) is 17.1 Å². The Balaban J connectivity index is 1.73. The van der Waals surface area contributed by atoms with E-state index in [1.165, 1.54) is 10.4 Å². The summed E-state index contributed by atoms with van der Waals surface area (Å²) in [7, 11) is 1.67. The quantitative estimate of drug-likeness (QED) is 0.309. The number of thiophene rings is 1. The van der Waals surface area contributed by atoms with E-state index in [-0.39, 0.29) is 0 Å². The van der Waals surface area contributed by atoms with E-state index in [1.807, 2.05) is 36.4 Å². The second-order valence-corrected chi connectivity index (χ2v) is 8.39. The van der Waals surface area contributed by atoms with Crippen LogP contribution in [0, 0.1) is 18.3 Å². The number of methoxy groups -OCH3 is 1. The number of nitrogens with zero attached hydrogens (tertiary/aromatic N) is 3. The molecule has 0 saturated heterocycles. The number of aryl methyl sites for hydroxylation is 1. The Hall–Kier alpha value is -2.88. The van der Waals surface area contributed by atoms with Crippen molar-refractivity contribution < 1.29 is 4.74 Å². The fraction of sp³-hybridized carbons (Fsp3) is 0.136. The Bertz CT molecular complexity index is 1180. The highest BCUT2D eigenvalue weighted by atomic mass is 32.2. The Kier molecular flexibility index (Phi) is 5.29. The van der Waals surface area contributed by atoms with Crippen LogP contribution in [0.15, 0.2) is 59.9 Å². The molecule has 0 aliphatic heterocycles. The lowest BCUT2D eigenvalue weighted by Gasteiger charge is -2.07.